The van der Waals surface area contributed by atoms with Crippen molar-refractivity contribution in [1.29, 1.82) is 0 Å². The van der Waals surface area contributed by atoms with Crippen LogP contribution in [0.1, 0.15) is 137 Å². The molecule has 5 aliphatic rings. The van der Waals surface area contributed by atoms with Crippen LogP contribution in [-0.4, -0.2) is 197 Å². The van der Waals surface area contributed by atoms with Crippen LogP contribution in [0.25, 0.3) is 0 Å². The van der Waals surface area contributed by atoms with Crippen molar-refractivity contribution in [2.75, 3.05) is 123 Å². The predicted octanol–water partition coefficient (Wildman–Crippen LogP) is 10.8. The Labute approximate surface area is 612 Å². The smallest absolute Gasteiger partial charge is 0.385 e. The van der Waals surface area contributed by atoms with E-state index in [0.29, 0.717) is 92.6 Å². The fourth-order valence-electron chi connectivity index (χ4n) is 12.8. The van der Waals surface area contributed by atoms with E-state index in [9.17, 15) is 88.2 Å². The number of nitrogens with zero attached hydrogens (tertiary/aromatic N) is 11. The lowest BCUT2D eigenvalue weighted by Gasteiger charge is -2.41. The van der Waals surface area contributed by atoms with Crippen molar-refractivity contribution in [3.63, 3.8) is 0 Å². The van der Waals surface area contributed by atoms with Gasteiger partial charge >= 0.3 is 30.9 Å². The first-order chi connectivity index (χ1) is 50.2. The standard InChI is InChI=1S/C19H21ClF3N3O.C13H18F3N3.C12H15F5N4.C12H16F3N3O2S.C12H16F3N3O/c20-15-4-2-14(3-5-15)18(27)7-9-26(10-8-18)16(11-24)13-1-6-17(25-12-13)19(21,22)23;14-13(15,16)12-5-4-10(9-18-12)11(8-17)19-6-2-1-3-7-19;13-11(14)1-3-21(4-2-11)9(5-18)8-6-19-10(20-7-8)12(15,16)17;13-12(14,15)11-2-1-9(8-17-11)10(7-16)18-3-5-21(19,20)6-4-18;13-12(14,15)11-2-1-9(8-17-11)10(7-16)18-3-5-19-6-4-18/h1-6,12,16,27H,7-11,24H2;4-5,9,11H,1-3,6-8,17H2;6-7,9H,1-5,18H2;1-2,8,10H,3-7,16H2;1-2,8,10H,3-7,16H2. The number of hydrogen-bond donors (Lipinski definition) is 6. The third kappa shape index (κ3) is 25.8. The molecule has 0 radical (unpaired) electrons. The quantitative estimate of drug-likeness (QED) is 0.0491. The third-order valence-corrected chi connectivity index (χ3v) is 20.7. The topological polar surface area (TPSA) is 287 Å². The summed E-state index contributed by atoms with van der Waals surface area (Å²) in [7, 11) is -3.01. The van der Waals surface area contributed by atoms with Crippen molar-refractivity contribution in [2.45, 2.75) is 118 Å². The van der Waals surface area contributed by atoms with Gasteiger partial charge in [-0.25, -0.2) is 27.2 Å². The average Bonchev–Trinajstić information content (AvgIpc) is 0.787. The summed E-state index contributed by atoms with van der Waals surface area (Å²) in [5.74, 6) is -3.84. The van der Waals surface area contributed by atoms with Crippen LogP contribution < -0.4 is 28.7 Å². The van der Waals surface area contributed by atoms with Crippen LogP contribution in [0.5, 0.6) is 0 Å². The van der Waals surface area contributed by atoms with E-state index in [1.807, 2.05) is 17.0 Å². The van der Waals surface area contributed by atoms with Crippen LogP contribution in [0.4, 0.5) is 74.6 Å². The molecule has 10 heterocycles. The Hall–Kier alpha value is -6.53. The second-order valence-corrected chi connectivity index (χ2v) is 28.6. The number of alkyl halides is 17. The number of hydrogen-bond acceptors (Lipinski definition) is 20. The summed E-state index contributed by atoms with van der Waals surface area (Å²) in [6.07, 6.45) is -11.4. The van der Waals surface area contributed by atoms with Gasteiger partial charge in [-0.1, -0.05) is 54.4 Å². The summed E-state index contributed by atoms with van der Waals surface area (Å²) in [6.45, 7) is 7.92. The highest BCUT2D eigenvalue weighted by Gasteiger charge is 2.41. The number of piperidine rings is 3. The molecule has 5 aliphatic heterocycles. The van der Waals surface area contributed by atoms with Crippen LogP contribution in [0.2, 0.25) is 5.02 Å². The van der Waals surface area contributed by atoms with Crippen molar-refractivity contribution in [3.8, 4) is 0 Å². The summed E-state index contributed by atoms with van der Waals surface area (Å²) in [5, 5.41) is 11.6. The van der Waals surface area contributed by atoms with E-state index in [2.05, 4.69) is 44.6 Å². The molecule has 11 rings (SSSR count). The summed E-state index contributed by atoms with van der Waals surface area (Å²) in [4.78, 5) is 30.5. The molecule has 5 unspecified atom stereocenters. The van der Waals surface area contributed by atoms with Gasteiger partial charge < -0.3 is 38.5 Å². The summed E-state index contributed by atoms with van der Waals surface area (Å²) in [5.41, 5.74) is 28.0. The number of aliphatic hydroxyl groups is 1. The fourth-order valence-corrected chi connectivity index (χ4v) is 14.1. The van der Waals surface area contributed by atoms with Gasteiger partial charge in [-0.2, -0.15) is 65.9 Å². The molecular formula is C68H86ClF17N16O4S. The third-order valence-electron chi connectivity index (χ3n) is 18.8. The molecule has 107 heavy (non-hydrogen) atoms. The molecule has 6 aromatic rings. The zero-order valence-electron chi connectivity index (χ0n) is 57.9. The maximum Gasteiger partial charge on any atom is 0.451 e. The monoisotopic (exact) mass is 1580 g/mol. The molecule has 20 nitrogen and oxygen atoms in total. The molecule has 11 N–H and O–H groups in total. The number of pyridine rings is 4. The number of halogens is 18. The molecule has 594 valence electrons. The molecule has 0 saturated carbocycles. The van der Waals surface area contributed by atoms with Crippen molar-refractivity contribution in [2.24, 2.45) is 28.7 Å². The predicted molar refractivity (Wildman–Crippen MR) is 363 cm³/mol. The zero-order valence-corrected chi connectivity index (χ0v) is 59.4. The number of benzene rings is 1. The molecule has 39 heteroatoms. The van der Waals surface area contributed by atoms with Crippen molar-refractivity contribution in [3.05, 3.63) is 177 Å². The Morgan fingerprint density at radius 2 is 0.701 bits per heavy atom. The van der Waals surface area contributed by atoms with Crippen molar-refractivity contribution < 1.29 is 92.9 Å². The van der Waals surface area contributed by atoms with E-state index in [-0.39, 0.29) is 81.2 Å². The Morgan fingerprint density at radius 3 is 1.01 bits per heavy atom. The largest absolute Gasteiger partial charge is 0.451 e. The fraction of sp³-hybridized carbons (Fsp3) is 0.559. The normalized spacial score (nSPS) is 20.0. The molecule has 5 aromatic heterocycles. The van der Waals surface area contributed by atoms with Crippen molar-refractivity contribution >= 4 is 21.4 Å². The van der Waals surface area contributed by atoms with Gasteiger partial charge in [-0.3, -0.25) is 44.4 Å². The Kier molecular flexibility index (Phi) is 31.5. The maximum atomic E-state index is 13.1. The molecular weight excluding hydrogens is 1500 g/mol. The van der Waals surface area contributed by atoms with Gasteiger partial charge in [0.2, 0.25) is 5.82 Å². The second kappa shape index (κ2) is 38.4. The minimum Gasteiger partial charge on any atom is -0.385 e. The number of aromatic nitrogens is 6. The molecule has 0 bridgehead atoms. The van der Waals surface area contributed by atoms with E-state index in [1.165, 1.54) is 49.3 Å². The lowest BCUT2D eigenvalue weighted by molar-refractivity contribution is -0.145. The maximum absolute atomic E-state index is 13.1. The minimum absolute atomic E-state index is 0.0323. The highest BCUT2D eigenvalue weighted by atomic mass is 35.5. The number of ether oxygens (including phenoxy) is 1. The van der Waals surface area contributed by atoms with Crippen LogP contribution >= 0.6 is 11.6 Å². The van der Waals surface area contributed by atoms with Gasteiger partial charge in [0.15, 0.2) is 9.84 Å². The van der Waals surface area contributed by atoms with Gasteiger partial charge in [0, 0.05) is 170 Å². The highest BCUT2D eigenvalue weighted by Crippen LogP contribution is 2.39. The van der Waals surface area contributed by atoms with E-state index in [0.717, 1.165) is 93.0 Å². The molecule has 5 atom stereocenters. The van der Waals surface area contributed by atoms with Crippen LogP contribution in [0.15, 0.2) is 110 Å². The molecule has 1 aromatic carbocycles. The number of rotatable bonds is 16. The molecule has 0 aliphatic carbocycles. The average molecular weight is 1580 g/mol. The molecule has 5 saturated heterocycles. The number of morpholine rings is 1. The van der Waals surface area contributed by atoms with Crippen molar-refractivity contribution in [1.82, 2.24) is 54.4 Å². The van der Waals surface area contributed by atoms with Gasteiger partial charge in [-0.15, -0.1) is 0 Å². The lowest BCUT2D eigenvalue weighted by Crippen LogP contribution is -2.45. The first kappa shape index (κ1) is 87.7. The summed E-state index contributed by atoms with van der Waals surface area (Å²) in [6, 6.07) is 15.6. The lowest BCUT2D eigenvalue weighted by atomic mass is 9.83. The van der Waals surface area contributed by atoms with Crippen LogP contribution in [0, 0.1) is 0 Å². The number of nitrogens with two attached hydrogens (primary N) is 5. The summed E-state index contributed by atoms with van der Waals surface area (Å²) < 4.78 is 242. The van der Waals surface area contributed by atoms with Gasteiger partial charge in [-0.05, 0) is 103 Å². The Bertz CT molecular complexity index is 3640. The van der Waals surface area contributed by atoms with E-state index >= 15 is 0 Å². The molecule has 0 amide bonds. The zero-order chi connectivity index (χ0) is 78.8. The summed E-state index contributed by atoms with van der Waals surface area (Å²) >= 11 is 5.91. The van der Waals surface area contributed by atoms with Crippen LogP contribution in [-0.2, 0) is 51.1 Å². The van der Waals surface area contributed by atoms with Gasteiger partial charge in [0.1, 0.15) is 22.8 Å². The minimum atomic E-state index is -4.61. The molecule has 5 fully saturated rings. The molecule has 0 spiro atoms. The first-order valence-electron chi connectivity index (χ1n) is 34.1. The van der Waals surface area contributed by atoms with E-state index in [4.69, 9.17) is 45.0 Å². The van der Waals surface area contributed by atoms with Crippen LogP contribution in [0.3, 0.4) is 0 Å². The Balaban J connectivity index is 0.000000188. The second-order valence-electron chi connectivity index (χ2n) is 25.9. The van der Waals surface area contributed by atoms with Gasteiger partial charge in [0.05, 0.1) is 36.4 Å². The van der Waals surface area contributed by atoms with Gasteiger partial charge in [0.25, 0.3) is 5.92 Å². The van der Waals surface area contributed by atoms with E-state index in [1.54, 1.807) is 17.0 Å². The number of sulfone groups is 1. The Morgan fingerprint density at radius 1 is 0.402 bits per heavy atom. The first-order valence-corrected chi connectivity index (χ1v) is 36.3. The SMILES string of the molecule is NCC(c1ccc(C(F)(F)F)nc1)N1CCC(O)(c2ccc(Cl)cc2)CC1.NCC(c1ccc(C(F)(F)F)nc1)N1CCCCC1.NCC(c1ccc(C(F)(F)F)nc1)N1CCOCC1.NCC(c1ccc(C(F)(F)F)nc1)N1CCS(=O)(=O)CC1.NCC(c1cnc(C(F)(F)F)nc1)N1CCC(F)(F)CC1. The highest BCUT2D eigenvalue weighted by molar-refractivity contribution is 7.91. The number of likely N-dealkylation sites (tertiary alicyclic amines) is 3. The van der Waals surface area contributed by atoms with E-state index < -0.39 is 86.9 Å².